The molecule has 0 aromatic rings. The molecule has 5 heteroatoms. The Morgan fingerprint density at radius 1 is 1.26 bits per heavy atom. The molecule has 19 heavy (non-hydrogen) atoms. The number of hydrogen-bond acceptors (Lipinski definition) is 3. The molecule has 0 saturated heterocycles. The van der Waals surface area contributed by atoms with Crippen molar-refractivity contribution in [1.29, 1.82) is 0 Å². The summed E-state index contributed by atoms with van der Waals surface area (Å²) in [6.07, 6.45) is 5.99. The van der Waals surface area contributed by atoms with Gasteiger partial charge < -0.3 is 16.2 Å². The Bertz CT molecular complexity index is 310. The summed E-state index contributed by atoms with van der Waals surface area (Å²) in [5.74, 6) is -1.02. The molecule has 0 aromatic carbocycles. The number of hydrogen-bond donors (Lipinski definition) is 3. The quantitative estimate of drug-likeness (QED) is 0.638. The lowest BCUT2D eigenvalue weighted by molar-refractivity contribution is -0.150. The smallest absolute Gasteiger partial charge is 0.311 e. The van der Waals surface area contributed by atoms with Crippen LogP contribution in [0.2, 0.25) is 0 Å². The minimum atomic E-state index is -0.777. The van der Waals surface area contributed by atoms with Gasteiger partial charge in [-0.25, -0.2) is 0 Å². The summed E-state index contributed by atoms with van der Waals surface area (Å²) >= 11 is 0. The van der Waals surface area contributed by atoms with Crippen LogP contribution in [-0.4, -0.2) is 30.1 Å². The second-order valence-corrected chi connectivity index (χ2v) is 5.70. The third-order valence-corrected chi connectivity index (χ3v) is 4.16. The number of nitrogens with two attached hydrogens (primary N) is 1. The fourth-order valence-electron chi connectivity index (χ4n) is 2.68. The maximum absolute atomic E-state index is 11.9. The van der Waals surface area contributed by atoms with E-state index in [0.717, 1.165) is 25.7 Å². The van der Waals surface area contributed by atoms with Gasteiger partial charge in [0.25, 0.3) is 0 Å². The van der Waals surface area contributed by atoms with Gasteiger partial charge >= 0.3 is 5.97 Å². The third kappa shape index (κ3) is 4.49. The molecule has 1 rings (SSSR count). The van der Waals surface area contributed by atoms with E-state index in [0.29, 0.717) is 25.8 Å². The molecule has 110 valence electrons. The molecule has 5 nitrogen and oxygen atoms in total. The molecule has 0 aromatic heterocycles. The molecule has 0 heterocycles. The summed E-state index contributed by atoms with van der Waals surface area (Å²) in [5.41, 5.74) is 4.66. The highest BCUT2D eigenvalue weighted by Crippen LogP contribution is 2.34. The standard InChI is InChI=1S/C14H26N2O3/c1-11(6-9-15)12(17)16-10-14(13(18)19)7-4-2-3-5-8-14/h11H,2-10,15H2,1H3,(H,16,17)(H,18,19). The lowest BCUT2D eigenvalue weighted by Gasteiger charge is -2.28. The average Bonchev–Trinajstić information content (AvgIpc) is 2.62. The van der Waals surface area contributed by atoms with Gasteiger partial charge in [-0.3, -0.25) is 9.59 Å². The SMILES string of the molecule is CC(CCN)C(=O)NCC1(C(=O)O)CCCCCC1. The van der Waals surface area contributed by atoms with Crippen LogP contribution in [0.15, 0.2) is 0 Å². The lowest BCUT2D eigenvalue weighted by atomic mass is 9.80. The van der Waals surface area contributed by atoms with Crippen LogP contribution in [-0.2, 0) is 9.59 Å². The summed E-state index contributed by atoms with van der Waals surface area (Å²) in [4.78, 5) is 23.4. The number of nitrogens with one attached hydrogen (secondary N) is 1. The predicted octanol–water partition coefficient (Wildman–Crippen LogP) is 1.51. The highest BCUT2D eigenvalue weighted by Gasteiger charge is 2.39. The van der Waals surface area contributed by atoms with Crippen LogP contribution in [0.4, 0.5) is 0 Å². The van der Waals surface area contributed by atoms with E-state index < -0.39 is 11.4 Å². The Kier molecular flexibility index (Phi) is 6.28. The first-order valence-corrected chi connectivity index (χ1v) is 7.23. The molecule has 0 aliphatic heterocycles. The van der Waals surface area contributed by atoms with Crippen molar-refractivity contribution in [2.75, 3.05) is 13.1 Å². The van der Waals surface area contributed by atoms with Crippen molar-refractivity contribution in [3.8, 4) is 0 Å². The normalized spacial score (nSPS) is 20.3. The van der Waals surface area contributed by atoms with Gasteiger partial charge in [-0.1, -0.05) is 32.6 Å². The third-order valence-electron chi connectivity index (χ3n) is 4.16. The highest BCUT2D eigenvalue weighted by molar-refractivity contribution is 5.80. The zero-order chi connectivity index (χ0) is 14.3. The van der Waals surface area contributed by atoms with Crippen LogP contribution in [0.1, 0.15) is 51.9 Å². The van der Waals surface area contributed by atoms with Gasteiger partial charge in [0, 0.05) is 12.5 Å². The Hall–Kier alpha value is -1.10. The summed E-state index contributed by atoms with van der Waals surface area (Å²) < 4.78 is 0. The van der Waals surface area contributed by atoms with E-state index >= 15 is 0 Å². The molecule has 1 aliphatic rings. The van der Waals surface area contributed by atoms with Crippen molar-refractivity contribution < 1.29 is 14.7 Å². The Morgan fingerprint density at radius 2 is 1.84 bits per heavy atom. The van der Waals surface area contributed by atoms with Crippen molar-refractivity contribution >= 4 is 11.9 Å². The van der Waals surface area contributed by atoms with Crippen LogP contribution < -0.4 is 11.1 Å². The molecule has 1 saturated carbocycles. The molecular formula is C14H26N2O3. The average molecular weight is 270 g/mol. The van der Waals surface area contributed by atoms with E-state index in [1.165, 1.54) is 0 Å². The van der Waals surface area contributed by atoms with Gasteiger partial charge in [0.05, 0.1) is 5.41 Å². The fourth-order valence-corrected chi connectivity index (χ4v) is 2.68. The molecular weight excluding hydrogens is 244 g/mol. The van der Waals surface area contributed by atoms with Crippen molar-refractivity contribution in [2.45, 2.75) is 51.9 Å². The van der Waals surface area contributed by atoms with Gasteiger partial charge in [-0.15, -0.1) is 0 Å². The molecule has 1 aliphatic carbocycles. The topological polar surface area (TPSA) is 92.4 Å². The zero-order valence-corrected chi connectivity index (χ0v) is 11.8. The molecule has 0 bridgehead atoms. The minimum Gasteiger partial charge on any atom is -0.481 e. The lowest BCUT2D eigenvalue weighted by Crippen LogP contribution is -2.44. The summed E-state index contributed by atoms with van der Waals surface area (Å²) in [6.45, 7) is 2.54. The van der Waals surface area contributed by atoms with E-state index in [9.17, 15) is 14.7 Å². The molecule has 4 N–H and O–H groups in total. The van der Waals surface area contributed by atoms with Crippen molar-refractivity contribution in [3.05, 3.63) is 0 Å². The molecule has 0 radical (unpaired) electrons. The number of carbonyl (C=O) groups is 2. The summed E-state index contributed by atoms with van der Waals surface area (Å²) in [5, 5.41) is 12.3. The van der Waals surface area contributed by atoms with Crippen molar-refractivity contribution in [1.82, 2.24) is 5.32 Å². The summed E-state index contributed by atoms with van der Waals surface area (Å²) in [6, 6.07) is 0. The molecule has 0 spiro atoms. The minimum absolute atomic E-state index is 0.0877. The van der Waals surface area contributed by atoms with E-state index in [4.69, 9.17) is 5.73 Å². The molecule has 1 unspecified atom stereocenters. The molecule has 1 atom stereocenters. The molecule has 1 amide bonds. The maximum Gasteiger partial charge on any atom is 0.311 e. The maximum atomic E-state index is 11.9. The van der Waals surface area contributed by atoms with Crippen LogP contribution in [0, 0.1) is 11.3 Å². The summed E-state index contributed by atoms with van der Waals surface area (Å²) in [7, 11) is 0. The van der Waals surface area contributed by atoms with Gasteiger partial charge in [0.15, 0.2) is 0 Å². The van der Waals surface area contributed by atoms with Crippen molar-refractivity contribution in [2.24, 2.45) is 17.1 Å². The van der Waals surface area contributed by atoms with E-state index in [1.54, 1.807) is 0 Å². The Labute approximate surface area is 114 Å². The zero-order valence-electron chi connectivity index (χ0n) is 11.8. The van der Waals surface area contributed by atoms with Crippen LogP contribution in [0.5, 0.6) is 0 Å². The number of carboxylic acids is 1. The van der Waals surface area contributed by atoms with Crippen LogP contribution in [0.25, 0.3) is 0 Å². The first kappa shape index (κ1) is 16.0. The number of amides is 1. The fraction of sp³-hybridized carbons (Fsp3) is 0.857. The Balaban J connectivity index is 2.58. The highest BCUT2D eigenvalue weighted by atomic mass is 16.4. The van der Waals surface area contributed by atoms with E-state index in [2.05, 4.69) is 5.32 Å². The Morgan fingerprint density at radius 3 is 2.32 bits per heavy atom. The van der Waals surface area contributed by atoms with Gasteiger partial charge in [0.1, 0.15) is 0 Å². The first-order valence-electron chi connectivity index (χ1n) is 7.23. The van der Waals surface area contributed by atoms with Gasteiger partial charge in [0.2, 0.25) is 5.91 Å². The predicted molar refractivity (Wildman–Crippen MR) is 73.6 cm³/mol. The first-order chi connectivity index (χ1) is 9.02. The van der Waals surface area contributed by atoms with E-state index in [-0.39, 0.29) is 18.4 Å². The van der Waals surface area contributed by atoms with Gasteiger partial charge in [-0.2, -0.15) is 0 Å². The second-order valence-electron chi connectivity index (χ2n) is 5.70. The number of rotatable bonds is 6. The van der Waals surface area contributed by atoms with Gasteiger partial charge in [-0.05, 0) is 25.8 Å². The van der Waals surface area contributed by atoms with Crippen molar-refractivity contribution in [3.63, 3.8) is 0 Å². The monoisotopic (exact) mass is 270 g/mol. The number of carbonyl (C=O) groups excluding carboxylic acids is 1. The van der Waals surface area contributed by atoms with Crippen LogP contribution in [0.3, 0.4) is 0 Å². The number of carboxylic acid groups (broad SMARTS) is 1. The molecule has 1 fully saturated rings. The van der Waals surface area contributed by atoms with E-state index in [1.807, 2.05) is 6.92 Å². The largest absolute Gasteiger partial charge is 0.481 e. The van der Waals surface area contributed by atoms with Crippen LogP contribution >= 0.6 is 0 Å². The number of aliphatic carboxylic acids is 1. The second kappa shape index (κ2) is 7.48.